The Bertz CT molecular complexity index is 265. The SMILES string of the molecule is CCC1(CC)CCN(C2(CN)CCSC2C)C1. The van der Waals surface area contributed by atoms with Gasteiger partial charge in [-0.25, -0.2) is 0 Å². The van der Waals surface area contributed by atoms with E-state index in [2.05, 4.69) is 37.4 Å². The molecule has 0 spiro atoms. The molecule has 100 valence electrons. The maximum atomic E-state index is 6.16. The highest BCUT2D eigenvalue weighted by atomic mass is 32.2. The third-order valence-electron chi connectivity index (χ3n) is 5.58. The highest BCUT2D eigenvalue weighted by Crippen LogP contribution is 2.46. The first kappa shape index (κ1) is 13.7. The summed E-state index contributed by atoms with van der Waals surface area (Å²) in [5.41, 5.74) is 7.04. The van der Waals surface area contributed by atoms with Gasteiger partial charge < -0.3 is 5.73 Å². The number of hydrogen-bond donors (Lipinski definition) is 1. The van der Waals surface area contributed by atoms with Crippen LogP contribution in [0.25, 0.3) is 0 Å². The number of likely N-dealkylation sites (tertiary alicyclic amines) is 1. The molecule has 0 aromatic rings. The van der Waals surface area contributed by atoms with Crippen LogP contribution in [0.15, 0.2) is 0 Å². The molecule has 2 fully saturated rings. The lowest BCUT2D eigenvalue weighted by Gasteiger charge is -2.42. The first-order chi connectivity index (χ1) is 8.12. The molecule has 2 aliphatic heterocycles. The van der Waals surface area contributed by atoms with Crippen molar-refractivity contribution >= 4 is 11.8 Å². The molecule has 0 radical (unpaired) electrons. The smallest absolute Gasteiger partial charge is 0.0455 e. The van der Waals surface area contributed by atoms with Crippen LogP contribution in [0.5, 0.6) is 0 Å². The van der Waals surface area contributed by atoms with Crippen molar-refractivity contribution in [3.63, 3.8) is 0 Å². The van der Waals surface area contributed by atoms with Crippen LogP contribution in [0.1, 0.15) is 46.5 Å². The van der Waals surface area contributed by atoms with Crippen LogP contribution in [0, 0.1) is 5.41 Å². The van der Waals surface area contributed by atoms with E-state index in [-0.39, 0.29) is 0 Å². The number of hydrogen-bond acceptors (Lipinski definition) is 3. The fourth-order valence-corrected chi connectivity index (χ4v) is 5.22. The predicted octanol–water partition coefficient (Wildman–Crippen LogP) is 2.72. The van der Waals surface area contributed by atoms with Gasteiger partial charge in [-0.2, -0.15) is 11.8 Å². The van der Waals surface area contributed by atoms with Crippen molar-refractivity contribution in [2.45, 2.75) is 57.2 Å². The summed E-state index contributed by atoms with van der Waals surface area (Å²) in [6.45, 7) is 10.5. The third kappa shape index (κ3) is 2.15. The zero-order valence-corrected chi connectivity index (χ0v) is 12.5. The molecule has 0 bridgehead atoms. The summed E-state index contributed by atoms with van der Waals surface area (Å²) in [4.78, 5) is 2.74. The largest absolute Gasteiger partial charge is 0.329 e. The lowest BCUT2D eigenvalue weighted by atomic mass is 9.81. The number of rotatable bonds is 4. The van der Waals surface area contributed by atoms with Crippen LogP contribution >= 0.6 is 11.8 Å². The molecule has 2 N–H and O–H groups in total. The molecule has 0 aromatic heterocycles. The van der Waals surface area contributed by atoms with Crippen molar-refractivity contribution in [1.29, 1.82) is 0 Å². The molecule has 0 aromatic carbocycles. The van der Waals surface area contributed by atoms with E-state index in [9.17, 15) is 0 Å². The molecule has 2 atom stereocenters. The summed E-state index contributed by atoms with van der Waals surface area (Å²) < 4.78 is 0. The first-order valence-corrected chi connectivity index (χ1v) is 8.24. The van der Waals surface area contributed by atoms with Gasteiger partial charge in [0.1, 0.15) is 0 Å². The van der Waals surface area contributed by atoms with Gasteiger partial charge in [-0.05, 0) is 43.4 Å². The Labute approximate surface area is 111 Å². The first-order valence-electron chi connectivity index (χ1n) is 7.19. The summed E-state index contributed by atoms with van der Waals surface area (Å²) in [6.07, 6.45) is 5.31. The molecule has 17 heavy (non-hydrogen) atoms. The molecular weight excluding hydrogens is 228 g/mol. The Morgan fingerprint density at radius 2 is 2.00 bits per heavy atom. The molecular formula is C14H28N2S. The monoisotopic (exact) mass is 256 g/mol. The van der Waals surface area contributed by atoms with Crippen molar-refractivity contribution in [3.8, 4) is 0 Å². The number of nitrogens with zero attached hydrogens (tertiary/aromatic N) is 1. The van der Waals surface area contributed by atoms with Gasteiger partial charge in [-0.3, -0.25) is 4.90 Å². The van der Waals surface area contributed by atoms with Crippen molar-refractivity contribution in [2.24, 2.45) is 11.1 Å². The van der Waals surface area contributed by atoms with Crippen molar-refractivity contribution in [1.82, 2.24) is 4.90 Å². The maximum absolute atomic E-state index is 6.16. The van der Waals surface area contributed by atoms with Crippen molar-refractivity contribution in [2.75, 3.05) is 25.4 Å². The van der Waals surface area contributed by atoms with E-state index >= 15 is 0 Å². The van der Waals surface area contributed by atoms with E-state index in [4.69, 9.17) is 5.73 Å². The Hall–Kier alpha value is 0.270. The Morgan fingerprint density at radius 1 is 1.29 bits per heavy atom. The van der Waals surface area contributed by atoms with Gasteiger partial charge in [0.2, 0.25) is 0 Å². The summed E-state index contributed by atoms with van der Waals surface area (Å²) in [7, 11) is 0. The molecule has 0 saturated carbocycles. The van der Waals surface area contributed by atoms with Crippen LogP contribution in [-0.2, 0) is 0 Å². The summed E-state index contributed by atoms with van der Waals surface area (Å²) in [5, 5.41) is 0.706. The fourth-order valence-electron chi connectivity index (χ4n) is 3.73. The summed E-state index contributed by atoms with van der Waals surface area (Å²) >= 11 is 2.11. The zero-order valence-electron chi connectivity index (χ0n) is 11.7. The topological polar surface area (TPSA) is 29.3 Å². The van der Waals surface area contributed by atoms with Crippen LogP contribution in [0.4, 0.5) is 0 Å². The van der Waals surface area contributed by atoms with Crippen LogP contribution in [-0.4, -0.2) is 41.1 Å². The standard InChI is InChI=1S/C14H28N2S/c1-4-13(5-2)6-8-16(11-13)14(10-15)7-9-17-12(14)3/h12H,4-11,15H2,1-3H3. The van der Waals surface area contributed by atoms with E-state index < -0.39 is 0 Å². The normalized spacial score (nSPS) is 37.8. The highest BCUT2D eigenvalue weighted by molar-refractivity contribution is 8.00. The van der Waals surface area contributed by atoms with E-state index in [1.54, 1.807) is 0 Å². The minimum absolute atomic E-state index is 0.302. The summed E-state index contributed by atoms with van der Waals surface area (Å²) in [5.74, 6) is 1.29. The fraction of sp³-hybridized carbons (Fsp3) is 1.00. The maximum Gasteiger partial charge on any atom is 0.0455 e. The molecule has 2 rings (SSSR count). The van der Waals surface area contributed by atoms with Crippen LogP contribution in [0.3, 0.4) is 0 Å². The molecule has 2 saturated heterocycles. The lowest BCUT2D eigenvalue weighted by Crippen LogP contribution is -2.57. The summed E-state index contributed by atoms with van der Waals surface area (Å²) in [6, 6.07) is 0. The minimum atomic E-state index is 0.302. The quantitative estimate of drug-likeness (QED) is 0.838. The van der Waals surface area contributed by atoms with Crippen molar-refractivity contribution < 1.29 is 0 Å². The third-order valence-corrected chi connectivity index (χ3v) is 6.96. The van der Waals surface area contributed by atoms with Gasteiger partial charge in [0.15, 0.2) is 0 Å². The van der Waals surface area contributed by atoms with Gasteiger partial charge in [-0.1, -0.05) is 20.8 Å². The van der Waals surface area contributed by atoms with Gasteiger partial charge in [0, 0.05) is 23.9 Å². The van der Waals surface area contributed by atoms with Gasteiger partial charge in [-0.15, -0.1) is 0 Å². The average Bonchev–Trinajstić information content (AvgIpc) is 2.94. The number of thioether (sulfide) groups is 1. The number of nitrogens with two attached hydrogens (primary N) is 1. The molecule has 0 amide bonds. The van der Waals surface area contributed by atoms with Crippen molar-refractivity contribution in [3.05, 3.63) is 0 Å². The highest BCUT2D eigenvalue weighted by Gasteiger charge is 2.49. The molecule has 0 aliphatic carbocycles. The molecule has 2 nitrogen and oxygen atoms in total. The second-order valence-corrected chi connectivity index (χ2v) is 7.40. The second-order valence-electron chi connectivity index (χ2n) is 5.95. The van der Waals surface area contributed by atoms with Gasteiger partial charge in [0.25, 0.3) is 0 Å². The van der Waals surface area contributed by atoms with Gasteiger partial charge >= 0.3 is 0 Å². The average molecular weight is 256 g/mol. The van der Waals surface area contributed by atoms with Gasteiger partial charge in [0.05, 0.1) is 0 Å². The Balaban J connectivity index is 2.13. The second kappa shape index (κ2) is 5.10. The molecule has 2 aliphatic rings. The van der Waals surface area contributed by atoms with Crippen LogP contribution in [0.2, 0.25) is 0 Å². The van der Waals surface area contributed by atoms with Crippen LogP contribution < -0.4 is 5.73 Å². The van der Waals surface area contributed by atoms with E-state index in [0.717, 1.165) is 6.54 Å². The molecule has 3 heteroatoms. The molecule has 2 heterocycles. The van der Waals surface area contributed by atoms with E-state index in [1.807, 2.05) is 0 Å². The lowest BCUT2D eigenvalue weighted by molar-refractivity contribution is 0.106. The zero-order chi connectivity index (χ0) is 12.5. The van der Waals surface area contributed by atoms with E-state index in [0.29, 0.717) is 16.2 Å². The predicted molar refractivity (Wildman–Crippen MR) is 77.5 cm³/mol. The Morgan fingerprint density at radius 3 is 2.41 bits per heavy atom. The molecule has 2 unspecified atom stereocenters. The van der Waals surface area contributed by atoms with E-state index in [1.165, 1.54) is 44.5 Å². The Kier molecular flexibility index (Phi) is 4.11. The minimum Gasteiger partial charge on any atom is -0.329 e.